The number of carbonyl (C=O) groups is 2. The number of aliphatic hydroxyl groups is 1. The van der Waals surface area contributed by atoms with E-state index in [2.05, 4.69) is 11.9 Å². The first-order valence-corrected chi connectivity index (χ1v) is 4.45. The molecule has 0 aromatic heterocycles. The number of carboxylic acid groups (broad SMARTS) is 1. The van der Waals surface area contributed by atoms with Gasteiger partial charge in [-0.05, 0) is 24.6 Å². The third kappa shape index (κ3) is 2.60. The van der Waals surface area contributed by atoms with E-state index in [1.165, 1.54) is 12.1 Å². The molecule has 5 heteroatoms. The number of aliphatic hydroxyl groups excluding tert-OH is 1. The number of aryl methyl sites for hydroxylation is 1. The van der Waals surface area contributed by atoms with Gasteiger partial charge >= 0.3 is 5.97 Å². The van der Waals surface area contributed by atoms with Crippen molar-refractivity contribution in [1.82, 2.24) is 0 Å². The van der Waals surface area contributed by atoms with Crippen LogP contribution in [0.15, 0.2) is 30.5 Å². The maximum Gasteiger partial charge on any atom is 0.337 e. The molecular formula is C11H11NO4. The molecule has 0 bridgehead atoms. The third-order valence-corrected chi connectivity index (χ3v) is 1.92. The van der Waals surface area contributed by atoms with Crippen LogP contribution >= 0.6 is 0 Å². The molecule has 0 aliphatic heterocycles. The van der Waals surface area contributed by atoms with E-state index >= 15 is 0 Å². The fourth-order valence-corrected chi connectivity index (χ4v) is 1.14. The number of benzene rings is 1. The summed E-state index contributed by atoms with van der Waals surface area (Å²) in [6, 6.07) is 4.50. The summed E-state index contributed by atoms with van der Waals surface area (Å²) in [4.78, 5) is 22.0. The minimum absolute atomic E-state index is 0.0415. The van der Waals surface area contributed by atoms with Crippen molar-refractivity contribution in [2.45, 2.75) is 6.92 Å². The van der Waals surface area contributed by atoms with Crippen molar-refractivity contribution in [2.24, 2.45) is 0 Å². The summed E-state index contributed by atoms with van der Waals surface area (Å²) in [6.07, 6.45) is 0. The quantitative estimate of drug-likeness (QED) is 0.535. The Kier molecular flexibility index (Phi) is 3.30. The Labute approximate surface area is 92.0 Å². The second kappa shape index (κ2) is 4.48. The van der Waals surface area contributed by atoms with Gasteiger partial charge in [-0.2, -0.15) is 0 Å². The number of hydrogen-bond donors (Lipinski definition) is 3. The summed E-state index contributed by atoms with van der Waals surface area (Å²) in [5.41, 5.74) is 0.886. The largest absolute Gasteiger partial charge is 0.503 e. The molecule has 5 nitrogen and oxygen atoms in total. The molecule has 1 rings (SSSR count). The van der Waals surface area contributed by atoms with Crippen LogP contribution in [-0.4, -0.2) is 22.1 Å². The molecule has 0 saturated carbocycles. The zero-order chi connectivity index (χ0) is 12.3. The van der Waals surface area contributed by atoms with E-state index in [0.717, 1.165) is 5.56 Å². The highest BCUT2D eigenvalue weighted by molar-refractivity contribution is 6.05. The predicted molar refractivity (Wildman–Crippen MR) is 58.5 cm³/mol. The third-order valence-electron chi connectivity index (χ3n) is 1.92. The van der Waals surface area contributed by atoms with Gasteiger partial charge in [-0.1, -0.05) is 12.6 Å². The van der Waals surface area contributed by atoms with Gasteiger partial charge in [0.15, 0.2) is 5.76 Å². The van der Waals surface area contributed by atoms with Crippen molar-refractivity contribution in [3.63, 3.8) is 0 Å². The SMILES string of the molecule is C=C(O)C(=O)Nc1cc(C)ccc1C(=O)O. The zero-order valence-corrected chi connectivity index (χ0v) is 8.65. The molecule has 0 radical (unpaired) electrons. The van der Waals surface area contributed by atoms with E-state index in [1.807, 2.05) is 0 Å². The molecular weight excluding hydrogens is 210 g/mol. The highest BCUT2D eigenvalue weighted by atomic mass is 16.4. The molecule has 0 unspecified atom stereocenters. The Hall–Kier alpha value is -2.30. The van der Waals surface area contributed by atoms with E-state index in [1.54, 1.807) is 13.0 Å². The Morgan fingerprint density at radius 3 is 2.44 bits per heavy atom. The number of hydrogen-bond acceptors (Lipinski definition) is 3. The Morgan fingerprint density at radius 1 is 1.31 bits per heavy atom. The molecule has 0 fully saturated rings. The highest BCUT2D eigenvalue weighted by Gasteiger charge is 2.13. The summed E-state index contributed by atoms with van der Waals surface area (Å²) < 4.78 is 0. The van der Waals surface area contributed by atoms with Crippen molar-refractivity contribution in [1.29, 1.82) is 0 Å². The van der Waals surface area contributed by atoms with Crippen LogP contribution < -0.4 is 5.32 Å². The zero-order valence-electron chi connectivity index (χ0n) is 8.65. The van der Waals surface area contributed by atoms with Gasteiger partial charge in [0.2, 0.25) is 0 Å². The smallest absolute Gasteiger partial charge is 0.337 e. The highest BCUT2D eigenvalue weighted by Crippen LogP contribution is 2.18. The molecule has 84 valence electrons. The molecule has 0 aliphatic carbocycles. The van der Waals surface area contributed by atoms with Crippen molar-refractivity contribution in [3.05, 3.63) is 41.7 Å². The second-order valence-electron chi connectivity index (χ2n) is 3.26. The van der Waals surface area contributed by atoms with Gasteiger partial charge in [0.25, 0.3) is 5.91 Å². The molecule has 0 heterocycles. The Balaban J connectivity index is 3.10. The van der Waals surface area contributed by atoms with Gasteiger partial charge in [-0.3, -0.25) is 4.79 Å². The summed E-state index contributed by atoms with van der Waals surface area (Å²) in [7, 11) is 0. The molecule has 1 aromatic rings. The van der Waals surface area contributed by atoms with Crippen LogP contribution in [-0.2, 0) is 4.79 Å². The first kappa shape index (κ1) is 11.8. The van der Waals surface area contributed by atoms with E-state index in [9.17, 15) is 9.59 Å². The number of aromatic carboxylic acids is 1. The summed E-state index contributed by atoms with van der Waals surface area (Å²) in [6.45, 7) is 4.80. The van der Waals surface area contributed by atoms with Gasteiger partial charge in [-0.25, -0.2) is 4.79 Å². The molecule has 1 amide bonds. The average Bonchev–Trinajstić information content (AvgIpc) is 2.16. The monoisotopic (exact) mass is 221 g/mol. The summed E-state index contributed by atoms with van der Waals surface area (Å²) in [5.74, 6) is -2.65. The molecule has 16 heavy (non-hydrogen) atoms. The van der Waals surface area contributed by atoms with E-state index < -0.39 is 17.6 Å². The standard InChI is InChI=1S/C11H11NO4/c1-6-3-4-8(11(15)16)9(5-6)12-10(14)7(2)13/h3-5,13H,2H2,1H3,(H,12,14)(H,15,16). The minimum atomic E-state index is -1.15. The molecule has 3 N–H and O–H groups in total. The van der Waals surface area contributed by atoms with Gasteiger partial charge in [0.05, 0.1) is 11.3 Å². The number of anilines is 1. The van der Waals surface area contributed by atoms with E-state index in [4.69, 9.17) is 10.2 Å². The van der Waals surface area contributed by atoms with E-state index in [-0.39, 0.29) is 11.3 Å². The summed E-state index contributed by atoms with van der Waals surface area (Å²) in [5, 5.41) is 20.0. The number of nitrogens with one attached hydrogen (secondary N) is 1. The van der Waals surface area contributed by atoms with Gasteiger partial charge in [0, 0.05) is 0 Å². The molecule has 0 aliphatic rings. The van der Waals surface area contributed by atoms with Crippen LogP contribution in [0.1, 0.15) is 15.9 Å². The van der Waals surface area contributed by atoms with Crippen LogP contribution in [0, 0.1) is 6.92 Å². The summed E-state index contributed by atoms with van der Waals surface area (Å²) >= 11 is 0. The fraction of sp³-hybridized carbons (Fsp3) is 0.0909. The van der Waals surface area contributed by atoms with Crippen LogP contribution in [0.2, 0.25) is 0 Å². The fourth-order valence-electron chi connectivity index (χ4n) is 1.14. The lowest BCUT2D eigenvalue weighted by atomic mass is 10.1. The van der Waals surface area contributed by atoms with Gasteiger partial charge < -0.3 is 15.5 Å². The number of rotatable bonds is 3. The minimum Gasteiger partial charge on any atom is -0.503 e. The lowest BCUT2D eigenvalue weighted by Crippen LogP contribution is -2.16. The van der Waals surface area contributed by atoms with Crippen LogP contribution in [0.5, 0.6) is 0 Å². The lowest BCUT2D eigenvalue weighted by molar-refractivity contribution is -0.115. The van der Waals surface area contributed by atoms with Crippen molar-refractivity contribution in [3.8, 4) is 0 Å². The van der Waals surface area contributed by atoms with E-state index in [0.29, 0.717) is 0 Å². The van der Waals surface area contributed by atoms with Crippen molar-refractivity contribution in [2.75, 3.05) is 5.32 Å². The number of carbonyl (C=O) groups excluding carboxylic acids is 1. The van der Waals surface area contributed by atoms with Crippen LogP contribution in [0.3, 0.4) is 0 Å². The van der Waals surface area contributed by atoms with Gasteiger partial charge in [0.1, 0.15) is 0 Å². The lowest BCUT2D eigenvalue weighted by Gasteiger charge is -2.08. The molecule has 0 saturated heterocycles. The Bertz CT molecular complexity index is 465. The van der Waals surface area contributed by atoms with Gasteiger partial charge in [-0.15, -0.1) is 0 Å². The molecule has 1 aromatic carbocycles. The van der Waals surface area contributed by atoms with Crippen molar-refractivity contribution < 1.29 is 19.8 Å². The maximum atomic E-state index is 11.1. The van der Waals surface area contributed by atoms with Crippen molar-refractivity contribution >= 4 is 17.6 Å². The van der Waals surface area contributed by atoms with Crippen LogP contribution in [0.4, 0.5) is 5.69 Å². The molecule has 0 atom stereocenters. The number of carboxylic acids is 1. The first-order valence-electron chi connectivity index (χ1n) is 4.45. The Morgan fingerprint density at radius 2 is 1.94 bits per heavy atom. The average molecular weight is 221 g/mol. The second-order valence-corrected chi connectivity index (χ2v) is 3.26. The topological polar surface area (TPSA) is 86.6 Å². The maximum absolute atomic E-state index is 11.1. The first-order chi connectivity index (χ1) is 7.41. The van der Waals surface area contributed by atoms with Crippen LogP contribution in [0.25, 0.3) is 0 Å². The molecule has 0 spiro atoms. The number of amides is 1. The normalized spacial score (nSPS) is 9.56. The predicted octanol–water partition coefficient (Wildman–Crippen LogP) is 1.70.